The van der Waals surface area contributed by atoms with Crippen molar-refractivity contribution in [3.63, 3.8) is 0 Å². The van der Waals surface area contributed by atoms with Gasteiger partial charge in [-0.3, -0.25) is 0 Å². The summed E-state index contributed by atoms with van der Waals surface area (Å²) in [7, 11) is 2.48. The van der Waals surface area contributed by atoms with Gasteiger partial charge in [-0.1, -0.05) is 129 Å². The van der Waals surface area contributed by atoms with Gasteiger partial charge in [0.15, 0.2) is 7.28 Å². The molecule has 5 aromatic rings. The molecule has 46 heavy (non-hydrogen) atoms. The predicted molar refractivity (Wildman–Crippen MR) is 198 cm³/mol. The second-order valence-corrected chi connectivity index (χ2v) is 14.3. The third kappa shape index (κ3) is 4.68. The van der Waals surface area contributed by atoms with Crippen molar-refractivity contribution in [3.05, 3.63) is 142 Å². The number of fused-ring (bicyclic) bond motifs is 5. The van der Waals surface area contributed by atoms with Crippen molar-refractivity contribution in [1.82, 2.24) is 0 Å². The van der Waals surface area contributed by atoms with Crippen LogP contribution in [0, 0.1) is 6.92 Å². The third-order valence-corrected chi connectivity index (χ3v) is 10.7. The maximum absolute atomic E-state index is 2.66. The maximum Gasteiger partial charge on any atom is 0.191 e. The monoisotopic (exact) mass is 596 g/mol. The van der Waals surface area contributed by atoms with E-state index in [1.54, 1.807) is 0 Å². The Morgan fingerprint density at radius 3 is 2.24 bits per heavy atom. The van der Waals surface area contributed by atoms with E-state index in [-0.39, 0.29) is 5.41 Å². The number of unbranched alkanes of at least 4 members (excludes halogenated alkanes) is 1. The van der Waals surface area contributed by atoms with Crippen LogP contribution in [0.4, 0.5) is 11.4 Å². The highest BCUT2D eigenvalue weighted by Crippen LogP contribution is 2.56. The van der Waals surface area contributed by atoms with E-state index in [0.29, 0.717) is 5.92 Å². The van der Waals surface area contributed by atoms with Crippen molar-refractivity contribution < 1.29 is 0 Å². The van der Waals surface area contributed by atoms with Crippen LogP contribution >= 0.6 is 0 Å². The lowest BCUT2D eigenvalue weighted by Crippen LogP contribution is -2.38. The Labute approximate surface area is 276 Å². The van der Waals surface area contributed by atoms with E-state index in [2.05, 4.69) is 150 Å². The Morgan fingerprint density at radius 2 is 1.50 bits per heavy atom. The highest BCUT2D eigenvalue weighted by Gasteiger charge is 2.43. The molecule has 0 saturated heterocycles. The molecule has 2 aliphatic carbocycles. The number of allylic oxidation sites excluding steroid dienone is 1. The SMILES string of the molecule is CCCCc1ccc(N2C(c3cc(-c4ccccc4)ccc3C3CC3)=C(C)[B]c3c(C)cc4c(c32)C(C)(C)c2ccccc2-4)cc1. The second kappa shape index (κ2) is 11.2. The normalized spacial score (nSPS) is 16.2. The summed E-state index contributed by atoms with van der Waals surface area (Å²) in [6.07, 6.45) is 6.11. The van der Waals surface area contributed by atoms with Gasteiger partial charge >= 0.3 is 0 Å². The number of rotatable bonds is 7. The Morgan fingerprint density at radius 1 is 0.761 bits per heavy atom. The number of hydrogen-bond acceptors (Lipinski definition) is 1. The largest absolute Gasteiger partial charge is 0.311 e. The second-order valence-electron chi connectivity index (χ2n) is 14.3. The van der Waals surface area contributed by atoms with Gasteiger partial charge < -0.3 is 4.90 Å². The molecule has 3 aliphatic rings. The first-order chi connectivity index (χ1) is 22.4. The molecule has 1 saturated carbocycles. The molecule has 0 aromatic heterocycles. The molecule has 1 aliphatic heterocycles. The van der Waals surface area contributed by atoms with Crippen molar-refractivity contribution in [2.24, 2.45) is 0 Å². The van der Waals surface area contributed by atoms with Crippen molar-refractivity contribution >= 4 is 29.8 Å². The molecule has 0 amide bonds. The van der Waals surface area contributed by atoms with Crippen LogP contribution in [0.15, 0.2) is 109 Å². The molecule has 0 bridgehead atoms. The molecule has 1 heterocycles. The fourth-order valence-electron chi connectivity index (χ4n) is 8.15. The summed E-state index contributed by atoms with van der Waals surface area (Å²) < 4.78 is 0. The van der Waals surface area contributed by atoms with Crippen LogP contribution in [-0.2, 0) is 11.8 Å². The molecule has 1 radical (unpaired) electrons. The van der Waals surface area contributed by atoms with E-state index < -0.39 is 0 Å². The lowest BCUT2D eigenvalue weighted by molar-refractivity contribution is 0.661. The summed E-state index contributed by atoms with van der Waals surface area (Å²) in [6, 6.07) is 39.2. The number of nitrogens with zero attached hydrogens (tertiary/aromatic N) is 1. The van der Waals surface area contributed by atoms with Gasteiger partial charge in [0.05, 0.1) is 0 Å². The summed E-state index contributed by atoms with van der Waals surface area (Å²) in [5.41, 5.74) is 20.3. The Balaban J connectivity index is 1.40. The van der Waals surface area contributed by atoms with Gasteiger partial charge in [0.1, 0.15) is 0 Å². The summed E-state index contributed by atoms with van der Waals surface area (Å²) in [4.78, 5) is 2.66. The summed E-state index contributed by atoms with van der Waals surface area (Å²) >= 11 is 0. The quantitative estimate of drug-likeness (QED) is 0.169. The van der Waals surface area contributed by atoms with Crippen molar-refractivity contribution in [1.29, 1.82) is 0 Å². The average Bonchev–Trinajstić information content (AvgIpc) is 3.90. The zero-order chi connectivity index (χ0) is 31.6. The molecule has 0 atom stereocenters. The van der Waals surface area contributed by atoms with Gasteiger partial charge in [-0.2, -0.15) is 0 Å². The first-order valence-corrected chi connectivity index (χ1v) is 17.3. The third-order valence-electron chi connectivity index (χ3n) is 10.7. The molecule has 0 unspecified atom stereocenters. The first kappa shape index (κ1) is 29.1. The van der Waals surface area contributed by atoms with E-state index in [4.69, 9.17) is 0 Å². The first-order valence-electron chi connectivity index (χ1n) is 17.3. The van der Waals surface area contributed by atoms with Gasteiger partial charge in [0, 0.05) is 28.1 Å². The summed E-state index contributed by atoms with van der Waals surface area (Å²) in [5.74, 6) is 0.628. The van der Waals surface area contributed by atoms with Gasteiger partial charge in [-0.05, 0) is 108 Å². The molecule has 5 aromatic carbocycles. The van der Waals surface area contributed by atoms with Crippen molar-refractivity contribution in [3.8, 4) is 22.3 Å². The molecule has 8 rings (SSSR count). The summed E-state index contributed by atoms with van der Waals surface area (Å²) in [5, 5.41) is 0. The molecule has 227 valence electrons. The zero-order valence-corrected chi connectivity index (χ0v) is 28.0. The molecule has 1 fully saturated rings. The summed E-state index contributed by atoms with van der Waals surface area (Å²) in [6.45, 7) is 11.8. The molecular formula is C44H43BN. The molecule has 1 nitrogen and oxygen atoms in total. The molecule has 0 N–H and O–H groups in total. The zero-order valence-electron chi connectivity index (χ0n) is 28.0. The highest BCUT2D eigenvalue weighted by molar-refractivity contribution is 6.66. The Kier molecular flexibility index (Phi) is 7.09. The fraction of sp³-hybridized carbons (Fsp3) is 0.273. The van der Waals surface area contributed by atoms with Crippen LogP contribution in [0.3, 0.4) is 0 Å². The lowest BCUT2D eigenvalue weighted by atomic mass is 9.57. The number of benzene rings is 5. The predicted octanol–water partition coefficient (Wildman–Crippen LogP) is 11.1. The standard InChI is InChI=1S/C44H43BN/c1-6-7-13-30-18-23-34(24-19-30)46-42(38-27-33(31-14-9-8-10-15-31)22-25-35(38)32-20-21-32)29(3)45-41-28(2)26-37-36-16-11-12-17-39(36)44(4,5)40(37)43(41)46/h8-12,14-19,22-27,32H,6-7,13,20-21H2,1-5H3. The molecule has 2 heteroatoms. The molecule has 0 spiro atoms. The van der Waals surface area contributed by atoms with Crippen LogP contribution < -0.4 is 10.4 Å². The van der Waals surface area contributed by atoms with Gasteiger partial charge in [0.2, 0.25) is 0 Å². The minimum Gasteiger partial charge on any atom is -0.311 e. The molecular weight excluding hydrogens is 553 g/mol. The lowest BCUT2D eigenvalue weighted by Gasteiger charge is -2.40. The van der Waals surface area contributed by atoms with Crippen LogP contribution in [0.1, 0.15) is 92.7 Å². The van der Waals surface area contributed by atoms with Crippen LogP contribution in [-0.4, -0.2) is 7.28 Å². The number of hydrogen-bond donors (Lipinski definition) is 0. The van der Waals surface area contributed by atoms with Crippen LogP contribution in [0.2, 0.25) is 0 Å². The topological polar surface area (TPSA) is 3.24 Å². The Bertz CT molecular complexity index is 1990. The van der Waals surface area contributed by atoms with E-state index in [9.17, 15) is 0 Å². The minimum atomic E-state index is -0.127. The van der Waals surface area contributed by atoms with Gasteiger partial charge in [-0.15, -0.1) is 0 Å². The minimum absolute atomic E-state index is 0.127. The highest BCUT2D eigenvalue weighted by atomic mass is 15.2. The van der Waals surface area contributed by atoms with Crippen molar-refractivity contribution in [2.75, 3.05) is 4.90 Å². The smallest absolute Gasteiger partial charge is 0.191 e. The van der Waals surface area contributed by atoms with Crippen LogP contribution in [0.5, 0.6) is 0 Å². The van der Waals surface area contributed by atoms with E-state index in [0.717, 1.165) is 6.42 Å². The van der Waals surface area contributed by atoms with E-state index in [1.807, 2.05) is 0 Å². The fourth-order valence-corrected chi connectivity index (χ4v) is 8.15. The Hall–Kier alpha value is -4.30. The van der Waals surface area contributed by atoms with Crippen molar-refractivity contribution in [2.45, 2.75) is 78.1 Å². The number of aryl methyl sites for hydroxylation is 2. The van der Waals surface area contributed by atoms with E-state index >= 15 is 0 Å². The van der Waals surface area contributed by atoms with Gasteiger partial charge in [0.25, 0.3) is 0 Å². The van der Waals surface area contributed by atoms with Crippen LogP contribution in [0.25, 0.3) is 28.0 Å². The van der Waals surface area contributed by atoms with Gasteiger partial charge in [-0.25, -0.2) is 0 Å². The van der Waals surface area contributed by atoms with E-state index in [1.165, 1.54) is 109 Å². The maximum atomic E-state index is 2.66. The number of anilines is 2. The average molecular weight is 597 g/mol.